The van der Waals surface area contributed by atoms with E-state index in [1.807, 2.05) is 6.08 Å². The summed E-state index contributed by atoms with van der Waals surface area (Å²) < 4.78 is 4.84. The van der Waals surface area contributed by atoms with Gasteiger partial charge in [0.2, 0.25) is 0 Å². The molecule has 0 aliphatic heterocycles. The number of aliphatic hydroxyl groups excluding tert-OH is 1. The van der Waals surface area contributed by atoms with E-state index in [0.29, 0.717) is 13.0 Å². The first-order valence-electron chi connectivity index (χ1n) is 4.74. The number of ether oxygens (including phenoxy) is 1. The van der Waals surface area contributed by atoms with Gasteiger partial charge in [0.15, 0.2) is 0 Å². The third kappa shape index (κ3) is 3.59. The van der Waals surface area contributed by atoms with E-state index in [4.69, 9.17) is 9.84 Å². The molecule has 1 aliphatic rings. The van der Waals surface area contributed by atoms with Gasteiger partial charge in [-0.25, -0.2) is 0 Å². The van der Waals surface area contributed by atoms with Gasteiger partial charge in [0.25, 0.3) is 0 Å². The Morgan fingerprint density at radius 2 is 2.31 bits per heavy atom. The van der Waals surface area contributed by atoms with Crippen LogP contribution >= 0.6 is 0 Å². The molecule has 0 aromatic carbocycles. The second-order valence-corrected chi connectivity index (χ2v) is 3.30. The van der Waals surface area contributed by atoms with Gasteiger partial charge in [-0.05, 0) is 25.7 Å². The Labute approximate surface area is 78.4 Å². The lowest BCUT2D eigenvalue weighted by Gasteiger charge is -2.18. The van der Waals surface area contributed by atoms with Crippen LogP contribution in [-0.2, 0) is 9.53 Å². The number of aliphatic hydroxyl groups is 1. The van der Waals surface area contributed by atoms with Crippen molar-refractivity contribution in [1.29, 1.82) is 0 Å². The summed E-state index contributed by atoms with van der Waals surface area (Å²) in [5, 5.41) is 9.16. The molecule has 1 N–H and O–H groups in total. The number of allylic oxidation sites excluding steroid dienone is 1. The number of hydrogen-bond acceptors (Lipinski definition) is 3. The first-order valence-corrected chi connectivity index (χ1v) is 4.74. The smallest absolute Gasteiger partial charge is 0.306 e. The minimum Gasteiger partial charge on any atom is -0.466 e. The first-order chi connectivity index (χ1) is 6.22. The molecule has 13 heavy (non-hydrogen) atoms. The van der Waals surface area contributed by atoms with Crippen LogP contribution in [0.1, 0.15) is 26.2 Å². The van der Waals surface area contributed by atoms with E-state index in [2.05, 4.69) is 0 Å². The Morgan fingerprint density at radius 1 is 1.54 bits per heavy atom. The van der Waals surface area contributed by atoms with Crippen molar-refractivity contribution in [2.45, 2.75) is 32.3 Å². The summed E-state index contributed by atoms with van der Waals surface area (Å²) in [4.78, 5) is 11.1. The predicted molar refractivity (Wildman–Crippen MR) is 49.1 cm³/mol. The molecule has 0 fully saturated rings. The van der Waals surface area contributed by atoms with Gasteiger partial charge in [0, 0.05) is 0 Å². The van der Waals surface area contributed by atoms with Crippen LogP contribution in [-0.4, -0.2) is 23.8 Å². The van der Waals surface area contributed by atoms with Gasteiger partial charge < -0.3 is 9.84 Å². The van der Waals surface area contributed by atoms with Crippen LogP contribution in [0.5, 0.6) is 0 Å². The monoisotopic (exact) mass is 184 g/mol. The van der Waals surface area contributed by atoms with E-state index in [9.17, 15) is 4.79 Å². The number of hydrogen-bond donors (Lipinski definition) is 1. The highest BCUT2D eigenvalue weighted by molar-refractivity contribution is 5.69. The maximum absolute atomic E-state index is 11.1. The summed E-state index contributed by atoms with van der Waals surface area (Å²) >= 11 is 0. The molecule has 0 amide bonds. The summed E-state index contributed by atoms with van der Waals surface area (Å²) in [5.74, 6) is 0.107. The van der Waals surface area contributed by atoms with Crippen molar-refractivity contribution in [1.82, 2.24) is 0 Å². The van der Waals surface area contributed by atoms with Crippen LogP contribution in [0.4, 0.5) is 0 Å². The van der Waals surface area contributed by atoms with Gasteiger partial charge in [-0.2, -0.15) is 0 Å². The van der Waals surface area contributed by atoms with Crippen LogP contribution in [0, 0.1) is 5.92 Å². The van der Waals surface area contributed by atoms with E-state index in [0.717, 1.165) is 12.8 Å². The molecule has 3 heteroatoms. The van der Waals surface area contributed by atoms with Gasteiger partial charge in [-0.15, -0.1) is 0 Å². The molecule has 3 nitrogen and oxygen atoms in total. The lowest BCUT2D eigenvalue weighted by atomic mass is 9.92. The molecule has 0 aromatic heterocycles. The van der Waals surface area contributed by atoms with E-state index in [1.165, 1.54) is 0 Å². The number of carbonyl (C=O) groups excluding carboxylic acids is 1. The molecular formula is C10H16O3. The van der Waals surface area contributed by atoms with Crippen molar-refractivity contribution < 1.29 is 14.6 Å². The van der Waals surface area contributed by atoms with Crippen molar-refractivity contribution in [2.75, 3.05) is 6.61 Å². The van der Waals surface area contributed by atoms with Crippen LogP contribution < -0.4 is 0 Å². The van der Waals surface area contributed by atoms with Gasteiger partial charge >= 0.3 is 5.97 Å². The molecule has 0 saturated heterocycles. The van der Waals surface area contributed by atoms with Gasteiger partial charge in [0.1, 0.15) is 0 Å². The van der Waals surface area contributed by atoms with Crippen LogP contribution in [0.15, 0.2) is 12.2 Å². The minimum atomic E-state index is -0.321. The fourth-order valence-electron chi connectivity index (χ4n) is 1.47. The average molecular weight is 184 g/mol. The van der Waals surface area contributed by atoms with E-state index in [-0.39, 0.29) is 18.0 Å². The van der Waals surface area contributed by atoms with Crippen LogP contribution in [0.3, 0.4) is 0 Å². The quantitative estimate of drug-likeness (QED) is 0.530. The van der Waals surface area contributed by atoms with Crippen molar-refractivity contribution in [3.8, 4) is 0 Å². The molecule has 0 heterocycles. The molecule has 0 spiro atoms. The second-order valence-electron chi connectivity index (χ2n) is 3.30. The van der Waals surface area contributed by atoms with Gasteiger partial charge in [-0.3, -0.25) is 4.79 Å². The Morgan fingerprint density at radius 3 is 2.85 bits per heavy atom. The molecular weight excluding hydrogens is 168 g/mol. The fourth-order valence-corrected chi connectivity index (χ4v) is 1.47. The maximum atomic E-state index is 11.1. The summed E-state index contributed by atoms with van der Waals surface area (Å²) in [6, 6.07) is 0. The molecule has 0 saturated carbocycles. The highest BCUT2D eigenvalue weighted by Gasteiger charge is 2.17. The summed E-state index contributed by atoms with van der Waals surface area (Å²) in [6.07, 6.45) is 5.41. The zero-order valence-electron chi connectivity index (χ0n) is 7.90. The molecule has 0 unspecified atom stereocenters. The Bertz CT molecular complexity index is 198. The van der Waals surface area contributed by atoms with E-state index >= 15 is 0 Å². The lowest BCUT2D eigenvalue weighted by molar-refractivity contribution is -0.144. The topological polar surface area (TPSA) is 46.5 Å². The molecule has 1 rings (SSSR count). The summed E-state index contributed by atoms with van der Waals surface area (Å²) in [5.41, 5.74) is 0. The summed E-state index contributed by atoms with van der Waals surface area (Å²) in [6.45, 7) is 2.25. The van der Waals surface area contributed by atoms with Crippen LogP contribution in [0.25, 0.3) is 0 Å². The zero-order chi connectivity index (χ0) is 9.68. The second kappa shape index (κ2) is 5.02. The molecule has 1 aliphatic carbocycles. The Hall–Kier alpha value is -0.830. The van der Waals surface area contributed by atoms with E-state index in [1.54, 1.807) is 13.0 Å². The van der Waals surface area contributed by atoms with Crippen LogP contribution in [0.2, 0.25) is 0 Å². The number of rotatable bonds is 3. The van der Waals surface area contributed by atoms with Crippen molar-refractivity contribution in [3.63, 3.8) is 0 Å². The minimum absolute atomic E-state index is 0.145. The van der Waals surface area contributed by atoms with Crippen molar-refractivity contribution >= 4 is 5.97 Å². The van der Waals surface area contributed by atoms with Crippen molar-refractivity contribution in [3.05, 3.63) is 12.2 Å². The predicted octanol–water partition coefficient (Wildman–Crippen LogP) is 1.27. The maximum Gasteiger partial charge on any atom is 0.306 e. The summed E-state index contributed by atoms with van der Waals surface area (Å²) in [7, 11) is 0. The fraction of sp³-hybridized carbons (Fsp3) is 0.700. The van der Waals surface area contributed by atoms with Crippen molar-refractivity contribution in [2.24, 2.45) is 5.92 Å². The number of carbonyl (C=O) groups is 1. The SMILES string of the molecule is CCOC(=O)C[C@H]1C=C[C@H](O)CC1. The Balaban J connectivity index is 2.30. The molecule has 74 valence electrons. The van der Waals surface area contributed by atoms with E-state index < -0.39 is 0 Å². The molecule has 2 atom stereocenters. The standard InChI is InChI=1S/C10H16O3/c1-2-13-10(12)7-8-3-5-9(11)6-4-8/h3,5,8-9,11H,2,4,6-7H2,1H3/t8-,9-/m0/s1. The first kappa shape index (κ1) is 10.3. The third-order valence-corrected chi connectivity index (χ3v) is 2.17. The number of esters is 1. The van der Waals surface area contributed by atoms with Gasteiger partial charge in [0.05, 0.1) is 19.1 Å². The Kier molecular flexibility index (Phi) is 3.96. The highest BCUT2D eigenvalue weighted by Crippen LogP contribution is 2.20. The lowest BCUT2D eigenvalue weighted by Crippen LogP contribution is -2.16. The highest BCUT2D eigenvalue weighted by atomic mass is 16.5. The normalized spacial score (nSPS) is 27.2. The molecule has 0 aromatic rings. The third-order valence-electron chi connectivity index (χ3n) is 2.17. The molecule has 0 bridgehead atoms. The average Bonchev–Trinajstić information content (AvgIpc) is 2.09. The largest absolute Gasteiger partial charge is 0.466 e. The molecule has 0 radical (unpaired) electrons. The zero-order valence-corrected chi connectivity index (χ0v) is 7.90. The van der Waals surface area contributed by atoms with Gasteiger partial charge in [-0.1, -0.05) is 12.2 Å².